The maximum Gasteiger partial charge on any atom is 0.278 e. The second-order valence-corrected chi connectivity index (χ2v) is 4.95. The number of thioether (sulfide) groups is 1. The third-order valence-electron chi connectivity index (χ3n) is 2.71. The van der Waals surface area contributed by atoms with Gasteiger partial charge in [0.1, 0.15) is 10.6 Å². The summed E-state index contributed by atoms with van der Waals surface area (Å²) in [5.41, 5.74) is 4.43. The average molecular weight is 289 g/mol. The first-order valence-corrected chi connectivity index (χ1v) is 6.82. The predicted octanol–water partition coefficient (Wildman–Crippen LogP) is 2.07. The summed E-state index contributed by atoms with van der Waals surface area (Å²) < 4.78 is 6.51. The van der Waals surface area contributed by atoms with Crippen molar-refractivity contribution in [2.45, 2.75) is 13.8 Å². The van der Waals surface area contributed by atoms with Crippen LogP contribution in [0.3, 0.4) is 0 Å². The second-order valence-electron chi connectivity index (χ2n) is 4.09. The zero-order valence-electron chi connectivity index (χ0n) is 11.8. The molecule has 1 aromatic rings. The molecule has 0 saturated carbocycles. The van der Waals surface area contributed by atoms with Crippen LogP contribution in [0.4, 0.5) is 0 Å². The summed E-state index contributed by atoms with van der Waals surface area (Å²) in [6, 6.07) is 2.98. The largest absolute Gasteiger partial charge is 0.481 e. The van der Waals surface area contributed by atoms with Gasteiger partial charge >= 0.3 is 0 Å². The molecule has 0 aliphatic carbocycles. The molecule has 0 atom stereocenters. The van der Waals surface area contributed by atoms with E-state index in [9.17, 15) is 4.79 Å². The van der Waals surface area contributed by atoms with Gasteiger partial charge in [0.25, 0.3) is 5.56 Å². The van der Waals surface area contributed by atoms with Crippen molar-refractivity contribution in [3.8, 4) is 17.8 Å². The number of aromatic nitrogens is 2. The van der Waals surface area contributed by atoms with Crippen LogP contribution in [-0.4, -0.2) is 21.8 Å². The van der Waals surface area contributed by atoms with Crippen molar-refractivity contribution in [2.24, 2.45) is 7.05 Å². The standard InChI is InChI=1S/C14H15N3O2S/c1-5-8-17-10(2)9-20-12(17)7-6-11-13(19-4)15-16(3)14(11)18/h6,9,15H,1-4H3. The fourth-order valence-electron chi connectivity index (χ4n) is 1.71. The molecule has 0 saturated heterocycles. The Bertz CT molecular complexity index is 737. The molecule has 1 aromatic heterocycles. The molecule has 2 rings (SSSR count). The lowest BCUT2D eigenvalue weighted by atomic mass is 10.3. The number of methoxy groups -OCH3 is 1. The lowest BCUT2D eigenvalue weighted by molar-refractivity contribution is 0.391. The maximum atomic E-state index is 11.9. The molecule has 0 amide bonds. The van der Waals surface area contributed by atoms with Gasteiger partial charge in [0.15, 0.2) is 0 Å². The first-order chi connectivity index (χ1) is 9.58. The molecule has 0 aromatic carbocycles. The van der Waals surface area contributed by atoms with Gasteiger partial charge in [-0.1, -0.05) is 23.4 Å². The molecule has 6 heteroatoms. The molecule has 0 fully saturated rings. The fourth-order valence-corrected chi connectivity index (χ4v) is 2.52. The number of rotatable bonds is 2. The van der Waals surface area contributed by atoms with E-state index in [1.165, 1.54) is 23.6 Å². The molecular formula is C14H15N3O2S. The Kier molecular flexibility index (Phi) is 4.14. The van der Waals surface area contributed by atoms with E-state index in [0.29, 0.717) is 11.4 Å². The Morgan fingerprint density at radius 2 is 2.25 bits per heavy atom. The maximum absolute atomic E-state index is 11.9. The number of hydrogen-bond acceptors (Lipinski definition) is 4. The highest BCUT2D eigenvalue weighted by Crippen LogP contribution is 2.32. The molecule has 20 heavy (non-hydrogen) atoms. The topological polar surface area (TPSA) is 50.3 Å². The van der Waals surface area contributed by atoms with Crippen LogP contribution in [-0.2, 0) is 7.05 Å². The average Bonchev–Trinajstić information content (AvgIpc) is 2.91. The Balaban J connectivity index is 2.45. The normalized spacial score (nSPS) is 13.5. The van der Waals surface area contributed by atoms with Crippen molar-refractivity contribution in [3.05, 3.63) is 37.8 Å². The van der Waals surface area contributed by atoms with Crippen LogP contribution in [0.5, 0.6) is 5.88 Å². The van der Waals surface area contributed by atoms with E-state index in [1.807, 2.05) is 17.2 Å². The highest BCUT2D eigenvalue weighted by molar-refractivity contribution is 8.06. The van der Waals surface area contributed by atoms with Crippen molar-refractivity contribution in [1.82, 2.24) is 14.7 Å². The summed E-state index contributed by atoms with van der Waals surface area (Å²) in [4.78, 5) is 13.8. The van der Waals surface area contributed by atoms with Crippen LogP contribution in [0.1, 0.15) is 19.4 Å². The third-order valence-corrected chi connectivity index (χ3v) is 3.70. The number of nitrogens with one attached hydrogen (secondary N) is 1. The lowest BCUT2D eigenvalue weighted by Crippen LogP contribution is -2.13. The summed E-state index contributed by atoms with van der Waals surface area (Å²) in [5, 5.41) is 5.65. The Hall–Kier alpha value is -2.22. The van der Waals surface area contributed by atoms with E-state index in [0.717, 1.165) is 10.7 Å². The summed E-state index contributed by atoms with van der Waals surface area (Å²) in [7, 11) is 3.15. The Morgan fingerprint density at radius 1 is 1.50 bits per heavy atom. The van der Waals surface area contributed by atoms with Crippen molar-refractivity contribution in [2.75, 3.05) is 7.11 Å². The number of H-pyrrole nitrogens is 1. The molecule has 104 valence electrons. The van der Waals surface area contributed by atoms with Crippen LogP contribution >= 0.6 is 11.8 Å². The minimum absolute atomic E-state index is 0.157. The second kappa shape index (κ2) is 5.83. The van der Waals surface area contributed by atoms with E-state index in [1.54, 1.807) is 20.0 Å². The summed E-state index contributed by atoms with van der Waals surface area (Å²) in [6.07, 6.45) is 1.62. The highest BCUT2D eigenvalue weighted by Gasteiger charge is 2.16. The molecule has 5 nitrogen and oxygen atoms in total. The van der Waals surface area contributed by atoms with Crippen LogP contribution in [0, 0.1) is 12.0 Å². The van der Waals surface area contributed by atoms with Crippen LogP contribution < -0.4 is 10.3 Å². The molecule has 0 unspecified atom stereocenters. The number of hydrogen-bond donors (Lipinski definition) is 1. The van der Waals surface area contributed by atoms with Gasteiger partial charge < -0.3 is 4.74 Å². The fraction of sp³-hybridized carbons (Fsp3) is 0.286. The van der Waals surface area contributed by atoms with Gasteiger partial charge in [-0.15, -0.1) is 0 Å². The number of aromatic amines is 1. The van der Waals surface area contributed by atoms with E-state index in [2.05, 4.69) is 22.8 Å². The molecule has 0 radical (unpaired) electrons. The van der Waals surface area contributed by atoms with E-state index in [4.69, 9.17) is 4.74 Å². The number of nitrogens with zero attached hydrogens (tertiary/aromatic N) is 2. The zero-order chi connectivity index (χ0) is 14.7. The first kappa shape index (κ1) is 14.2. The van der Waals surface area contributed by atoms with Gasteiger partial charge in [-0.25, -0.2) is 0 Å². The van der Waals surface area contributed by atoms with Crippen LogP contribution in [0.15, 0.2) is 26.7 Å². The molecular weight excluding hydrogens is 274 g/mol. The monoisotopic (exact) mass is 289 g/mol. The number of aryl methyl sites for hydroxylation is 1. The quantitative estimate of drug-likeness (QED) is 0.669. The summed E-state index contributed by atoms with van der Waals surface area (Å²) in [6.45, 7) is 3.75. The smallest absolute Gasteiger partial charge is 0.278 e. The molecule has 2 heterocycles. The van der Waals surface area contributed by atoms with Gasteiger partial charge in [0.05, 0.1) is 7.11 Å². The van der Waals surface area contributed by atoms with Gasteiger partial charge in [0, 0.05) is 24.9 Å². The third kappa shape index (κ3) is 2.55. The van der Waals surface area contributed by atoms with Gasteiger partial charge in [-0.2, -0.15) is 0 Å². The molecule has 0 bridgehead atoms. The van der Waals surface area contributed by atoms with Crippen LogP contribution in [0.25, 0.3) is 6.08 Å². The first-order valence-electron chi connectivity index (χ1n) is 5.94. The van der Waals surface area contributed by atoms with Crippen LogP contribution in [0.2, 0.25) is 0 Å². The van der Waals surface area contributed by atoms with Crippen molar-refractivity contribution < 1.29 is 4.74 Å². The van der Waals surface area contributed by atoms with Gasteiger partial charge in [0.2, 0.25) is 5.88 Å². The Morgan fingerprint density at radius 3 is 2.90 bits per heavy atom. The summed E-state index contributed by atoms with van der Waals surface area (Å²) >= 11 is 1.52. The molecule has 0 spiro atoms. The van der Waals surface area contributed by atoms with E-state index >= 15 is 0 Å². The summed E-state index contributed by atoms with van der Waals surface area (Å²) in [5.74, 6) is 3.28. The zero-order valence-corrected chi connectivity index (χ0v) is 12.6. The SMILES string of the molecule is CC#CN1C(=C=Cc2c(OC)[nH]n(C)c2=O)SC=C1C. The van der Waals surface area contributed by atoms with Gasteiger partial charge in [-0.05, 0) is 19.3 Å². The highest BCUT2D eigenvalue weighted by atomic mass is 32.2. The molecule has 1 aliphatic heterocycles. The molecule has 1 aliphatic rings. The predicted molar refractivity (Wildman–Crippen MR) is 80.7 cm³/mol. The van der Waals surface area contributed by atoms with E-state index in [-0.39, 0.29) is 5.56 Å². The van der Waals surface area contributed by atoms with Gasteiger partial charge in [-0.3, -0.25) is 19.5 Å². The lowest BCUT2D eigenvalue weighted by Gasteiger charge is -2.10. The molecule has 1 N–H and O–H groups in total. The van der Waals surface area contributed by atoms with E-state index < -0.39 is 0 Å². The number of allylic oxidation sites excluding steroid dienone is 1. The minimum atomic E-state index is -0.157. The van der Waals surface area contributed by atoms with Crippen molar-refractivity contribution in [1.29, 1.82) is 0 Å². The Labute approximate surface area is 121 Å². The number of ether oxygens (including phenoxy) is 1. The van der Waals surface area contributed by atoms with Crippen molar-refractivity contribution in [3.63, 3.8) is 0 Å². The van der Waals surface area contributed by atoms with Crippen molar-refractivity contribution >= 4 is 17.8 Å². The minimum Gasteiger partial charge on any atom is -0.481 e.